The van der Waals surface area contributed by atoms with Gasteiger partial charge in [0.05, 0.1) is 11.5 Å². The van der Waals surface area contributed by atoms with Crippen LogP contribution in [0.25, 0.3) is 0 Å². The molecule has 1 saturated carbocycles. The monoisotopic (exact) mass is 238 g/mol. The van der Waals surface area contributed by atoms with E-state index in [1.807, 2.05) is 12.2 Å². The van der Waals surface area contributed by atoms with E-state index in [0.717, 1.165) is 12.8 Å². The van der Waals surface area contributed by atoms with Crippen molar-refractivity contribution in [3.05, 3.63) is 24.3 Å². The predicted molar refractivity (Wildman–Crippen MR) is 64.8 cm³/mol. The molecule has 2 atom stereocenters. The summed E-state index contributed by atoms with van der Waals surface area (Å²) >= 11 is 0. The summed E-state index contributed by atoms with van der Waals surface area (Å²) in [7, 11) is -2.86. The normalized spacial score (nSPS) is 46.6. The summed E-state index contributed by atoms with van der Waals surface area (Å²) in [5.74, 6) is 0.703. The van der Waals surface area contributed by atoms with Gasteiger partial charge in [0, 0.05) is 10.8 Å². The lowest BCUT2D eigenvalue weighted by molar-refractivity contribution is 0.259. The SMILES string of the molecule is CC1(C)C[C@@]23C=CC=C[C@@]2(C1)CS(=O)(=O)C3. The van der Waals surface area contributed by atoms with Crippen LogP contribution >= 0.6 is 0 Å². The first-order chi connectivity index (χ1) is 7.29. The first-order valence-corrected chi connectivity index (χ1v) is 7.68. The molecule has 1 saturated heterocycles. The van der Waals surface area contributed by atoms with Gasteiger partial charge in [-0.05, 0) is 18.3 Å². The molecule has 16 heavy (non-hydrogen) atoms. The highest BCUT2D eigenvalue weighted by Crippen LogP contribution is 2.67. The molecule has 88 valence electrons. The Balaban J connectivity index is 2.19. The number of sulfone groups is 1. The Morgan fingerprint density at radius 3 is 1.81 bits per heavy atom. The second-order valence-corrected chi connectivity index (χ2v) is 8.65. The van der Waals surface area contributed by atoms with Crippen LogP contribution in [-0.2, 0) is 9.84 Å². The highest BCUT2D eigenvalue weighted by atomic mass is 32.2. The van der Waals surface area contributed by atoms with Crippen molar-refractivity contribution < 1.29 is 8.42 Å². The molecule has 3 aliphatic rings. The van der Waals surface area contributed by atoms with Crippen molar-refractivity contribution >= 4 is 9.84 Å². The second-order valence-electron chi connectivity index (χ2n) is 6.58. The van der Waals surface area contributed by atoms with E-state index in [-0.39, 0.29) is 16.2 Å². The minimum Gasteiger partial charge on any atom is -0.229 e. The maximum atomic E-state index is 11.9. The molecule has 0 radical (unpaired) electrons. The Bertz CT molecular complexity index is 460. The molecule has 3 heteroatoms. The Morgan fingerprint density at radius 2 is 1.38 bits per heavy atom. The minimum absolute atomic E-state index is 0.107. The van der Waals surface area contributed by atoms with Gasteiger partial charge in [0.25, 0.3) is 0 Å². The Kier molecular flexibility index (Phi) is 1.74. The second kappa shape index (κ2) is 2.63. The Labute approximate surface area is 97.3 Å². The van der Waals surface area contributed by atoms with Crippen LogP contribution in [0, 0.1) is 16.2 Å². The van der Waals surface area contributed by atoms with E-state index in [1.165, 1.54) is 0 Å². The lowest BCUT2D eigenvalue weighted by Gasteiger charge is -2.36. The van der Waals surface area contributed by atoms with Crippen LogP contribution in [0.15, 0.2) is 24.3 Å². The quantitative estimate of drug-likeness (QED) is 0.649. The van der Waals surface area contributed by atoms with Gasteiger partial charge in [-0.1, -0.05) is 38.2 Å². The van der Waals surface area contributed by atoms with Gasteiger partial charge in [-0.15, -0.1) is 0 Å². The van der Waals surface area contributed by atoms with E-state index in [0.29, 0.717) is 11.5 Å². The van der Waals surface area contributed by atoms with Crippen molar-refractivity contribution in [1.82, 2.24) is 0 Å². The summed E-state index contributed by atoms with van der Waals surface area (Å²) in [4.78, 5) is 0. The minimum atomic E-state index is -2.86. The zero-order chi connectivity index (χ0) is 11.7. The third kappa shape index (κ3) is 1.21. The fraction of sp³-hybridized carbons (Fsp3) is 0.692. The molecular formula is C13H18O2S. The van der Waals surface area contributed by atoms with Gasteiger partial charge in [0.15, 0.2) is 9.84 Å². The standard InChI is InChI=1S/C13H18O2S/c1-11(2)7-12-5-3-4-6-13(12,8-11)10-16(14,15)9-12/h3-6H,7-10H2,1-2H3/t12-,13-/m1/s1. The van der Waals surface area contributed by atoms with Crippen molar-refractivity contribution in [2.75, 3.05) is 11.5 Å². The first kappa shape index (κ1) is 10.6. The molecule has 0 aromatic carbocycles. The lowest BCUT2D eigenvalue weighted by atomic mass is 9.66. The van der Waals surface area contributed by atoms with E-state index in [2.05, 4.69) is 26.0 Å². The predicted octanol–water partition coefficient (Wildman–Crippen LogP) is 2.33. The zero-order valence-electron chi connectivity index (χ0n) is 9.86. The Morgan fingerprint density at radius 1 is 0.938 bits per heavy atom. The number of allylic oxidation sites excluding steroid dienone is 4. The van der Waals surface area contributed by atoms with Crippen LogP contribution in [0.4, 0.5) is 0 Å². The third-order valence-corrected chi connectivity index (χ3v) is 6.39. The molecule has 1 heterocycles. The van der Waals surface area contributed by atoms with E-state index in [9.17, 15) is 8.42 Å². The molecule has 0 amide bonds. The van der Waals surface area contributed by atoms with Gasteiger partial charge in [0.2, 0.25) is 0 Å². The number of hydrogen-bond acceptors (Lipinski definition) is 2. The van der Waals surface area contributed by atoms with Gasteiger partial charge in [-0.25, -0.2) is 8.42 Å². The average molecular weight is 238 g/mol. The summed E-state index contributed by atoms with van der Waals surface area (Å²) in [5, 5.41) is 0. The van der Waals surface area contributed by atoms with Crippen molar-refractivity contribution in [1.29, 1.82) is 0 Å². The summed E-state index contributed by atoms with van der Waals surface area (Å²) in [6.45, 7) is 4.52. The average Bonchev–Trinajstić information content (AvgIpc) is 2.40. The van der Waals surface area contributed by atoms with Crippen LogP contribution in [-0.4, -0.2) is 19.9 Å². The van der Waals surface area contributed by atoms with Crippen LogP contribution < -0.4 is 0 Å². The number of hydrogen-bond donors (Lipinski definition) is 0. The van der Waals surface area contributed by atoms with Crippen LogP contribution in [0.5, 0.6) is 0 Å². The Hall–Kier alpha value is -0.570. The summed E-state index contributed by atoms with van der Waals surface area (Å²) in [6.07, 6.45) is 10.4. The maximum absolute atomic E-state index is 11.9. The molecule has 0 bridgehead atoms. The highest BCUT2D eigenvalue weighted by molar-refractivity contribution is 7.91. The molecule has 0 N–H and O–H groups in total. The fourth-order valence-electron chi connectivity index (χ4n) is 4.37. The van der Waals surface area contributed by atoms with E-state index >= 15 is 0 Å². The molecule has 0 spiro atoms. The van der Waals surface area contributed by atoms with Crippen molar-refractivity contribution in [3.63, 3.8) is 0 Å². The van der Waals surface area contributed by atoms with Gasteiger partial charge in [-0.2, -0.15) is 0 Å². The van der Waals surface area contributed by atoms with Crippen molar-refractivity contribution in [3.8, 4) is 0 Å². The van der Waals surface area contributed by atoms with E-state index in [4.69, 9.17) is 0 Å². The van der Waals surface area contributed by atoms with Gasteiger partial charge < -0.3 is 0 Å². The van der Waals surface area contributed by atoms with E-state index in [1.54, 1.807) is 0 Å². The van der Waals surface area contributed by atoms with Gasteiger partial charge in [0.1, 0.15) is 0 Å². The lowest BCUT2D eigenvalue weighted by Crippen LogP contribution is -2.33. The molecule has 0 aromatic rings. The first-order valence-electron chi connectivity index (χ1n) is 5.86. The molecule has 3 rings (SSSR count). The maximum Gasteiger partial charge on any atom is 0.152 e. The summed E-state index contributed by atoms with van der Waals surface area (Å²) < 4.78 is 23.9. The molecular weight excluding hydrogens is 220 g/mol. The molecule has 2 fully saturated rings. The third-order valence-electron chi connectivity index (χ3n) is 4.48. The number of rotatable bonds is 0. The molecule has 1 aliphatic heterocycles. The van der Waals surface area contributed by atoms with Crippen molar-refractivity contribution in [2.24, 2.45) is 16.2 Å². The van der Waals surface area contributed by atoms with E-state index < -0.39 is 9.84 Å². The molecule has 2 nitrogen and oxygen atoms in total. The highest BCUT2D eigenvalue weighted by Gasteiger charge is 2.65. The largest absolute Gasteiger partial charge is 0.229 e. The molecule has 0 aromatic heterocycles. The fourth-order valence-corrected chi connectivity index (χ4v) is 7.02. The molecule has 0 unspecified atom stereocenters. The summed E-state index contributed by atoms with van der Waals surface area (Å²) in [6, 6.07) is 0. The smallest absolute Gasteiger partial charge is 0.152 e. The molecule has 2 aliphatic carbocycles. The van der Waals surface area contributed by atoms with Gasteiger partial charge >= 0.3 is 0 Å². The van der Waals surface area contributed by atoms with Crippen LogP contribution in [0.3, 0.4) is 0 Å². The van der Waals surface area contributed by atoms with Crippen molar-refractivity contribution in [2.45, 2.75) is 26.7 Å². The van der Waals surface area contributed by atoms with Crippen LogP contribution in [0.1, 0.15) is 26.7 Å². The zero-order valence-corrected chi connectivity index (χ0v) is 10.7. The summed E-state index contributed by atoms with van der Waals surface area (Å²) in [5.41, 5.74) is 0.0448. The van der Waals surface area contributed by atoms with Crippen LogP contribution in [0.2, 0.25) is 0 Å². The van der Waals surface area contributed by atoms with Gasteiger partial charge in [-0.3, -0.25) is 0 Å². The topological polar surface area (TPSA) is 34.1 Å².